The highest BCUT2D eigenvalue weighted by atomic mass is 16.5. The molecule has 1 fully saturated rings. The van der Waals surface area contributed by atoms with Crippen LogP contribution in [0.5, 0.6) is 5.75 Å². The van der Waals surface area contributed by atoms with Gasteiger partial charge in [-0.3, -0.25) is 5.10 Å². The van der Waals surface area contributed by atoms with Crippen LogP contribution in [-0.4, -0.2) is 48.8 Å². The first kappa shape index (κ1) is 23.6. The summed E-state index contributed by atoms with van der Waals surface area (Å²) in [5.74, 6) is 2.71. The van der Waals surface area contributed by atoms with Crippen molar-refractivity contribution in [2.45, 2.75) is 39.7 Å². The van der Waals surface area contributed by atoms with E-state index in [0.717, 1.165) is 54.3 Å². The molecule has 3 N–H and O–H groups in total. The van der Waals surface area contributed by atoms with Crippen LogP contribution >= 0.6 is 0 Å². The molecule has 0 radical (unpaired) electrons. The van der Waals surface area contributed by atoms with E-state index in [1.165, 1.54) is 0 Å². The van der Waals surface area contributed by atoms with Crippen molar-refractivity contribution >= 4 is 17.3 Å². The summed E-state index contributed by atoms with van der Waals surface area (Å²) in [6.07, 6.45) is 5.10. The maximum atomic E-state index is 9.25. The number of rotatable bonds is 6. The summed E-state index contributed by atoms with van der Waals surface area (Å²) < 4.78 is 5.75. The third kappa shape index (κ3) is 5.32. The Bertz CT molecular complexity index is 1150. The van der Waals surface area contributed by atoms with Gasteiger partial charge in [-0.05, 0) is 30.5 Å². The van der Waals surface area contributed by atoms with Gasteiger partial charge >= 0.3 is 0 Å². The fourth-order valence-corrected chi connectivity index (χ4v) is 4.30. The Labute approximate surface area is 201 Å². The smallest absolute Gasteiger partial charge is 0.153 e. The lowest BCUT2D eigenvalue weighted by molar-refractivity contribution is 0.368. The average molecular weight is 460 g/mol. The molecular weight excluding hydrogens is 426 g/mol. The highest BCUT2D eigenvalue weighted by molar-refractivity contribution is 6.04. The number of allylic oxidation sites excluding steroid dienone is 2. The Morgan fingerprint density at radius 2 is 2.18 bits per heavy atom. The Hall–Kier alpha value is -3.57. The number of ether oxygens (including phenoxy) is 1. The topological polar surface area (TPSA) is 101 Å². The van der Waals surface area contributed by atoms with Crippen LogP contribution in [0.3, 0.4) is 0 Å². The Morgan fingerprint density at radius 1 is 1.32 bits per heavy atom. The van der Waals surface area contributed by atoms with Gasteiger partial charge in [0.2, 0.25) is 0 Å². The van der Waals surface area contributed by atoms with E-state index < -0.39 is 0 Å². The minimum absolute atomic E-state index is 0.480. The number of aromatic amines is 1. The van der Waals surface area contributed by atoms with E-state index in [1.54, 1.807) is 13.3 Å². The van der Waals surface area contributed by atoms with Crippen LogP contribution in [0.1, 0.15) is 33.6 Å². The maximum absolute atomic E-state index is 9.25. The molecule has 178 valence electrons. The van der Waals surface area contributed by atoms with Gasteiger partial charge in [0, 0.05) is 61.7 Å². The lowest BCUT2D eigenvalue weighted by Gasteiger charge is -2.37. The molecular formula is C26H33N7O. The monoisotopic (exact) mass is 459 g/mol. The van der Waals surface area contributed by atoms with Crippen LogP contribution < -0.4 is 20.3 Å². The van der Waals surface area contributed by atoms with Crippen molar-refractivity contribution in [2.75, 3.05) is 37.0 Å². The highest BCUT2D eigenvalue weighted by Crippen LogP contribution is 2.34. The third-order valence-electron chi connectivity index (χ3n) is 6.40. The number of nitriles is 1. The van der Waals surface area contributed by atoms with E-state index in [2.05, 4.69) is 75.8 Å². The molecule has 1 aromatic heterocycles. The quantitative estimate of drug-likeness (QED) is 0.589. The summed E-state index contributed by atoms with van der Waals surface area (Å²) in [6, 6.07) is 11.0. The normalized spacial score (nSPS) is 18.5. The van der Waals surface area contributed by atoms with Crippen LogP contribution in [0.25, 0.3) is 11.3 Å². The van der Waals surface area contributed by atoms with Crippen LogP contribution in [0.2, 0.25) is 0 Å². The van der Waals surface area contributed by atoms with Crippen molar-refractivity contribution in [2.24, 2.45) is 10.9 Å². The number of amidine groups is 1. The number of aromatic nitrogens is 2. The molecule has 0 saturated carbocycles. The number of hydrogen-bond donors (Lipinski definition) is 3. The standard InChI is InChI=1S/C26H33N7O/c1-5-18-10-19(14-27)15-29-25(11-18)30-26-13-22(31-32-26)21-7-6-20(12-24(21)34-4)33-9-8-28-23(16-33)17(2)3/h6-7,11-13,15,17,23,28H,5,8-10,16H2,1-4H3,(H2,29,30,31,32). The lowest BCUT2D eigenvalue weighted by atomic mass is 10.0. The van der Waals surface area contributed by atoms with Crippen LogP contribution in [0.15, 0.2) is 52.7 Å². The third-order valence-corrected chi connectivity index (χ3v) is 6.40. The van der Waals surface area contributed by atoms with E-state index in [1.807, 2.05) is 12.1 Å². The van der Waals surface area contributed by atoms with Gasteiger partial charge in [0.05, 0.1) is 24.4 Å². The van der Waals surface area contributed by atoms with E-state index >= 15 is 0 Å². The van der Waals surface area contributed by atoms with Gasteiger partial charge in [0.1, 0.15) is 11.6 Å². The van der Waals surface area contributed by atoms with E-state index in [4.69, 9.17) is 4.74 Å². The van der Waals surface area contributed by atoms with E-state index in [-0.39, 0.29) is 0 Å². The van der Waals surface area contributed by atoms with Gasteiger partial charge in [-0.2, -0.15) is 10.4 Å². The number of nitrogens with zero attached hydrogens (tertiary/aromatic N) is 4. The molecule has 1 atom stereocenters. The summed E-state index contributed by atoms with van der Waals surface area (Å²) in [5.41, 5.74) is 4.77. The van der Waals surface area contributed by atoms with Crippen LogP contribution in [0.4, 0.5) is 11.5 Å². The minimum Gasteiger partial charge on any atom is -0.496 e. The molecule has 34 heavy (non-hydrogen) atoms. The summed E-state index contributed by atoms with van der Waals surface area (Å²) in [5, 5.41) is 23.6. The van der Waals surface area contributed by atoms with Crippen molar-refractivity contribution in [1.29, 1.82) is 5.26 Å². The predicted octanol–water partition coefficient (Wildman–Crippen LogP) is 4.48. The maximum Gasteiger partial charge on any atom is 0.153 e. The molecule has 1 saturated heterocycles. The number of methoxy groups -OCH3 is 1. The molecule has 2 aliphatic heterocycles. The Balaban J connectivity index is 1.54. The summed E-state index contributed by atoms with van der Waals surface area (Å²) in [4.78, 5) is 6.84. The van der Waals surface area contributed by atoms with Gasteiger partial charge in [-0.1, -0.05) is 26.3 Å². The summed E-state index contributed by atoms with van der Waals surface area (Å²) in [7, 11) is 1.70. The number of piperazine rings is 1. The lowest BCUT2D eigenvalue weighted by Crippen LogP contribution is -2.52. The number of aliphatic imine (C=N–C) groups is 1. The van der Waals surface area contributed by atoms with E-state index in [9.17, 15) is 5.26 Å². The predicted molar refractivity (Wildman–Crippen MR) is 137 cm³/mol. The minimum atomic E-state index is 0.480. The molecule has 4 rings (SSSR count). The van der Waals surface area contributed by atoms with E-state index in [0.29, 0.717) is 35.6 Å². The Kier molecular flexibility index (Phi) is 7.33. The van der Waals surface area contributed by atoms with Gasteiger partial charge in [-0.15, -0.1) is 0 Å². The fraction of sp³-hybridized carbons (Fsp3) is 0.423. The molecule has 0 aliphatic carbocycles. The Morgan fingerprint density at radius 3 is 2.91 bits per heavy atom. The molecule has 1 aromatic carbocycles. The van der Waals surface area contributed by atoms with Crippen molar-refractivity contribution in [3.8, 4) is 23.1 Å². The number of nitrogens with one attached hydrogen (secondary N) is 3. The zero-order valence-electron chi connectivity index (χ0n) is 20.4. The zero-order chi connectivity index (χ0) is 24.1. The first-order valence-corrected chi connectivity index (χ1v) is 11.9. The molecule has 2 aromatic rings. The van der Waals surface area contributed by atoms with Crippen LogP contribution in [-0.2, 0) is 0 Å². The second-order valence-electron chi connectivity index (χ2n) is 9.04. The number of benzene rings is 1. The largest absolute Gasteiger partial charge is 0.496 e. The highest BCUT2D eigenvalue weighted by Gasteiger charge is 2.23. The number of anilines is 2. The second-order valence-corrected chi connectivity index (χ2v) is 9.04. The molecule has 2 aliphatic rings. The SMILES string of the molecule is CCC1=CC(Nc2cc(-c3ccc(N4CCNC(C(C)C)C4)cc3OC)[nH]n2)=NC=C(C#N)C1. The molecule has 0 amide bonds. The summed E-state index contributed by atoms with van der Waals surface area (Å²) in [6.45, 7) is 9.53. The first-order chi connectivity index (χ1) is 16.5. The van der Waals surface area contributed by atoms with Crippen molar-refractivity contribution in [3.05, 3.63) is 47.7 Å². The van der Waals surface area contributed by atoms with Gasteiger partial charge in [-0.25, -0.2) is 4.99 Å². The molecule has 3 heterocycles. The van der Waals surface area contributed by atoms with Crippen molar-refractivity contribution < 1.29 is 4.74 Å². The fourth-order valence-electron chi connectivity index (χ4n) is 4.30. The van der Waals surface area contributed by atoms with Crippen molar-refractivity contribution in [3.63, 3.8) is 0 Å². The first-order valence-electron chi connectivity index (χ1n) is 11.9. The molecule has 8 heteroatoms. The molecule has 1 unspecified atom stereocenters. The van der Waals surface area contributed by atoms with Crippen LogP contribution in [0, 0.1) is 17.2 Å². The average Bonchev–Trinajstić information content (AvgIpc) is 3.23. The number of hydrogen-bond acceptors (Lipinski definition) is 7. The van der Waals surface area contributed by atoms with Gasteiger partial charge in [0.15, 0.2) is 5.82 Å². The van der Waals surface area contributed by atoms with Gasteiger partial charge < -0.3 is 20.3 Å². The second kappa shape index (κ2) is 10.6. The molecule has 0 spiro atoms. The zero-order valence-corrected chi connectivity index (χ0v) is 20.4. The molecule has 0 bridgehead atoms. The van der Waals surface area contributed by atoms with Gasteiger partial charge in [0.25, 0.3) is 0 Å². The van der Waals surface area contributed by atoms with Crippen molar-refractivity contribution in [1.82, 2.24) is 15.5 Å². The molecule has 8 nitrogen and oxygen atoms in total. The number of H-pyrrole nitrogens is 1. The summed E-state index contributed by atoms with van der Waals surface area (Å²) >= 11 is 0.